The molecule has 4 aromatic carbocycles. The van der Waals surface area contributed by atoms with Gasteiger partial charge in [0, 0.05) is 22.2 Å². The molecule has 0 saturated heterocycles. The smallest absolute Gasteiger partial charge is 0.132 e. The van der Waals surface area contributed by atoms with E-state index in [-0.39, 0.29) is 5.75 Å². The first-order valence-electron chi connectivity index (χ1n) is 8.91. The van der Waals surface area contributed by atoms with Crippen molar-refractivity contribution >= 4 is 38.6 Å². The van der Waals surface area contributed by atoms with Crippen LogP contribution in [-0.4, -0.2) is 26.2 Å². The van der Waals surface area contributed by atoms with Crippen LogP contribution in [0.3, 0.4) is 0 Å². The lowest BCUT2D eigenvalue weighted by Gasteiger charge is -2.23. The summed E-state index contributed by atoms with van der Waals surface area (Å²) in [4.78, 5) is 0. The number of benzene rings is 4. The van der Waals surface area contributed by atoms with Crippen LogP contribution in [0.25, 0.3) is 21.5 Å². The molecule has 4 heteroatoms. The number of fused-ring (bicyclic) bond motifs is 2. The third-order valence-electron chi connectivity index (χ3n) is 4.76. The Bertz CT molecular complexity index is 1170. The number of hydrogen-bond acceptors (Lipinski definition) is 3. The highest BCUT2D eigenvalue weighted by Gasteiger charge is 2.13. The lowest BCUT2D eigenvalue weighted by atomic mass is 10.1. The number of rotatable bonds is 3. The number of azo groups is 1. The standard InChI is InChI=1S/C23H21N3O/c1-26(2,3)17-12-11-16-7-6-10-21(20(16)15-17)24-25-22-13-14-23(27)19-9-5-4-8-18(19)22/h4-15H,1-3H3/p+1. The van der Waals surface area contributed by atoms with Crippen LogP contribution >= 0.6 is 0 Å². The Kier molecular flexibility index (Phi) is 4.13. The average molecular weight is 356 g/mol. The van der Waals surface area contributed by atoms with Crippen molar-refractivity contribution in [1.82, 2.24) is 4.48 Å². The summed E-state index contributed by atoms with van der Waals surface area (Å²) in [5.74, 6) is 0.252. The minimum absolute atomic E-state index is 0.252. The minimum atomic E-state index is 0.252. The molecule has 0 aliphatic rings. The molecule has 0 amide bonds. The highest BCUT2D eigenvalue weighted by molar-refractivity contribution is 5.97. The number of quaternary nitrogens is 1. The predicted octanol–water partition coefficient (Wildman–Crippen LogP) is 6.31. The van der Waals surface area contributed by atoms with Gasteiger partial charge in [0.25, 0.3) is 0 Å². The largest absolute Gasteiger partial charge is 0.507 e. The summed E-state index contributed by atoms with van der Waals surface area (Å²) in [6, 6.07) is 23.6. The van der Waals surface area contributed by atoms with Gasteiger partial charge in [0.15, 0.2) is 0 Å². The second kappa shape index (κ2) is 6.49. The van der Waals surface area contributed by atoms with Crippen LogP contribution in [0, 0.1) is 0 Å². The van der Waals surface area contributed by atoms with E-state index in [0.717, 1.165) is 37.4 Å². The highest BCUT2D eigenvalue weighted by atomic mass is 16.3. The van der Waals surface area contributed by atoms with Gasteiger partial charge in [-0.2, -0.15) is 0 Å². The Labute approximate surface area is 158 Å². The maximum Gasteiger partial charge on any atom is 0.132 e. The Morgan fingerprint density at radius 2 is 1.37 bits per heavy atom. The van der Waals surface area contributed by atoms with E-state index >= 15 is 0 Å². The van der Waals surface area contributed by atoms with Gasteiger partial charge in [0.1, 0.15) is 11.4 Å². The molecule has 27 heavy (non-hydrogen) atoms. The van der Waals surface area contributed by atoms with E-state index in [9.17, 15) is 5.11 Å². The van der Waals surface area contributed by atoms with Crippen molar-refractivity contribution in [3.05, 3.63) is 72.8 Å². The molecule has 0 aromatic heterocycles. The van der Waals surface area contributed by atoms with Crippen LogP contribution in [0.5, 0.6) is 5.75 Å². The SMILES string of the molecule is C[N+](C)(C)c1ccc2cccc(N=Nc3ccc(O)c4ccccc34)c2c1. The van der Waals surface area contributed by atoms with Crippen LogP contribution in [0.4, 0.5) is 17.1 Å². The molecular weight excluding hydrogens is 334 g/mol. The van der Waals surface area contributed by atoms with Crippen LogP contribution in [-0.2, 0) is 0 Å². The van der Waals surface area contributed by atoms with Gasteiger partial charge in [-0.3, -0.25) is 4.48 Å². The first-order valence-corrected chi connectivity index (χ1v) is 8.91. The summed E-state index contributed by atoms with van der Waals surface area (Å²) < 4.78 is 0.740. The molecular formula is C23H22N3O+. The zero-order valence-corrected chi connectivity index (χ0v) is 15.7. The molecule has 0 aliphatic carbocycles. The molecule has 0 unspecified atom stereocenters. The van der Waals surface area contributed by atoms with Crippen LogP contribution in [0.2, 0.25) is 0 Å². The number of aromatic hydroxyl groups is 1. The van der Waals surface area contributed by atoms with Gasteiger partial charge in [-0.15, -0.1) is 10.2 Å². The molecule has 0 radical (unpaired) electrons. The quantitative estimate of drug-likeness (QED) is 0.339. The molecule has 0 atom stereocenters. The topological polar surface area (TPSA) is 45.0 Å². The van der Waals surface area contributed by atoms with Crippen molar-refractivity contribution in [3.63, 3.8) is 0 Å². The molecule has 0 fully saturated rings. The molecule has 0 heterocycles. The van der Waals surface area contributed by atoms with Gasteiger partial charge in [0.05, 0.1) is 32.5 Å². The van der Waals surface area contributed by atoms with E-state index in [1.807, 2.05) is 36.4 Å². The molecule has 4 rings (SSSR count). The molecule has 0 spiro atoms. The summed E-state index contributed by atoms with van der Waals surface area (Å²) in [6.07, 6.45) is 0. The number of phenols is 1. The zero-order valence-electron chi connectivity index (χ0n) is 15.7. The van der Waals surface area contributed by atoms with Crippen molar-refractivity contribution in [2.45, 2.75) is 0 Å². The summed E-state index contributed by atoms with van der Waals surface area (Å²) in [5.41, 5.74) is 2.78. The van der Waals surface area contributed by atoms with Crippen LogP contribution in [0.15, 0.2) is 83.0 Å². The van der Waals surface area contributed by atoms with E-state index in [1.54, 1.807) is 12.1 Å². The predicted molar refractivity (Wildman–Crippen MR) is 113 cm³/mol. The van der Waals surface area contributed by atoms with Crippen molar-refractivity contribution < 1.29 is 5.11 Å². The minimum Gasteiger partial charge on any atom is -0.507 e. The van der Waals surface area contributed by atoms with E-state index in [1.165, 1.54) is 5.69 Å². The fourth-order valence-corrected chi connectivity index (χ4v) is 3.21. The lowest BCUT2D eigenvalue weighted by Crippen LogP contribution is -2.34. The number of nitrogens with zero attached hydrogens (tertiary/aromatic N) is 3. The van der Waals surface area contributed by atoms with Crippen molar-refractivity contribution in [3.8, 4) is 5.75 Å². The van der Waals surface area contributed by atoms with Crippen molar-refractivity contribution in [2.75, 3.05) is 21.1 Å². The summed E-state index contributed by atoms with van der Waals surface area (Å²) in [6.45, 7) is 0. The second-order valence-electron chi connectivity index (χ2n) is 7.54. The van der Waals surface area contributed by atoms with Crippen molar-refractivity contribution in [1.29, 1.82) is 0 Å². The van der Waals surface area contributed by atoms with Gasteiger partial charge in [-0.25, -0.2) is 0 Å². The first kappa shape index (κ1) is 17.2. The van der Waals surface area contributed by atoms with Gasteiger partial charge in [-0.05, 0) is 35.7 Å². The van der Waals surface area contributed by atoms with E-state index in [4.69, 9.17) is 0 Å². The third-order valence-corrected chi connectivity index (χ3v) is 4.76. The maximum atomic E-state index is 10.1. The molecule has 4 nitrogen and oxygen atoms in total. The zero-order chi connectivity index (χ0) is 19.0. The summed E-state index contributed by atoms with van der Waals surface area (Å²) >= 11 is 0. The molecule has 0 saturated carbocycles. The summed E-state index contributed by atoms with van der Waals surface area (Å²) in [5, 5.41) is 23.0. The number of hydrogen-bond donors (Lipinski definition) is 1. The highest BCUT2D eigenvalue weighted by Crippen LogP contribution is 2.35. The first-order chi connectivity index (χ1) is 12.9. The number of phenolic OH excluding ortho intramolecular Hbond substituents is 1. The average Bonchev–Trinajstić information content (AvgIpc) is 2.66. The summed E-state index contributed by atoms with van der Waals surface area (Å²) in [7, 11) is 6.44. The normalized spacial score (nSPS) is 12.3. The van der Waals surface area contributed by atoms with Gasteiger partial charge in [-0.1, -0.05) is 36.4 Å². The Hall–Kier alpha value is -3.24. The van der Waals surface area contributed by atoms with E-state index in [0.29, 0.717) is 0 Å². The molecule has 4 aromatic rings. The fraction of sp³-hybridized carbons (Fsp3) is 0.130. The van der Waals surface area contributed by atoms with E-state index < -0.39 is 0 Å². The maximum absolute atomic E-state index is 10.1. The Balaban J connectivity index is 1.83. The fourth-order valence-electron chi connectivity index (χ4n) is 3.21. The van der Waals surface area contributed by atoms with Gasteiger partial charge < -0.3 is 5.11 Å². The molecule has 134 valence electrons. The molecule has 1 N–H and O–H groups in total. The van der Waals surface area contributed by atoms with Crippen molar-refractivity contribution in [2.24, 2.45) is 10.2 Å². The van der Waals surface area contributed by atoms with E-state index in [2.05, 4.69) is 55.6 Å². The van der Waals surface area contributed by atoms with Gasteiger partial charge >= 0.3 is 0 Å². The Morgan fingerprint density at radius 3 is 2.11 bits per heavy atom. The van der Waals surface area contributed by atoms with Gasteiger partial charge in [0.2, 0.25) is 0 Å². The third kappa shape index (κ3) is 3.27. The monoisotopic (exact) mass is 356 g/mol. The Morgan fingerprint density at radius 1 is 0.667 bits per heavy atom. The second-order valence-corrected chi connectivity index (χ2v) is 7.54. The molecule has 0 bridgehead atoms. The molecule has 0 aliphatic heterocycles. The lowest BCUT2D eigenvalue weighted by molar-refractivity contribution is 0.481. The van der Waals surface area contributed by atoms with Crippen LogP contribution in [0.1, 0.15) is 0 Å². The van der Waals surface area contributed by atoms with Crippen LogP contribution < -0.4 is 4.48 Å².